The van der Waals surface area contributed by atoms with Crippen LogP contribution < -0.4 is 0 Å². The Morgan fingerprint density at radius 2 is 1.47 bits per heavy atom. The predicted octanol–water partition coefficient (Wildman–Crippen LogP) is 2.90. The average Bonchev–Trinajstić information content (AvgIpc) is 3.11. The Balaban J connectivity index is 2.18. The second-order valence-corrected chi connectivity index (χ2v) is 3.76. The van der Waals surface area contributed by atoms with Gasteiger partial charge >= 0.3 is 0 Å². The normalized spacial score (nSPS) is 10.5. The summed E-state index contributed by atoms with van der Waals surface area (Å²) in [5.41, 5.74) is 1.05. The van der Waals surface area contributed by atoms with Crippen molar-refractivity contribution in [1.29, 1.82) is 0 Å². The minimum atomic E-state index is -0.472. The summed E-state index contributed by atoms with van der Waals surface area (Å²) in [5.74, 6) is 0.897. The van der Waals surface area contributed by atoms with E-state index in [0.29, 0.717) is 22.6 Å². The summed E-state index contributed by atoms with van der Waals surface area (Å²) in [6, 6.07) is 4.55. The molecule has 1 aromatic carbocycles. The molecule has 0 N–H and O–H groups in total. The van der Waals surface area contributed by atoms with Gasteiger partial charge in [-0.25, -0.2) is 9.97 Å². The predicted molar refractivity (Wildman–Crippen MR) is 64.1 cm³/mol. The molecule has 3 aromatic rings. The smallest absolute Gasteiger partial charge is 0.270 e. The van der Waals surface area contributed by atoms with Gasteiger partial charge in [-0.05, 0) is 6.07 Å². The molecule has 0 fully saturated rings. The fourth-order valence-electron chi connectivity index (χ4n) is 1.72. The second-order valence-electron chi connectivity index (χ2n) is 3.76. The lowest BCUT2D eigenvalue weighted by Gasteiger charge is -2.01. The Kier molecular flexibility index (Phi) is 2.57. The van der Waals surface area contributed by atoms with Crippen LogP contribution in [0, 0.1) is 10.1 Å². The van der Waals surface area contributed by atoms with E-state index in [2.05, 4.69) is 9.97 Å². The molecule has 0 aliphatic carbocycles. The molecule has 0 unspecified atom stereocenters. The molecule has 7 nitrogen and oxygen atoms in total. The van der Waals surface area contributed by atoms with Crippen molar-refractivity contribution >= 4 is 5.69 Å². The number of nitro benzene ring substituents is 1. The zero-order chi connectivity index (χ0) is 13.2. The van der Waals surface area contributed by atoms with Gasteiger partial charge in [0.15, 0.2) is 24.3 Å². The summed E-state index contributed by atoms with van der Waals surface area (Å²) in [7, 11) is 0. The summed E-state index contributed by atoms with van der Waals surface area (Å²) < 4.78 is 10.3. The van der Waals surface area contributed by atoms with E-state index in [4.69, 9.17) is 8.83 Å². The minimum Gasteiger partial charge on any atom is -0.444 e. The number of hydrogen-bond acceptors (Lipinski definition) is 6. The monoisotopic (exact) mass is 257 g/mol. The first kappa shape index (κ1) is 11.1. The van der Waals surface area contributed by atoms with Gasteiger partial charge in [0, 0.05) is 23.3 Å². The van der Waals surface area contributed by atoms with Gasteiger partial charge in [0.1, 0.15) is 0 Å². The van der Waals surface area contributed by atoms with Gasteiger partial charge in [-0.3, -0.25) is 10.1 Å². The van der Waals surface area contributed by atoms with E-state index in [-0.39, 0.29) is 5.69 Å². The van der Waals surface area contributed by atoms with Gasteiger partial charge in [0.05, 0.1) is 17.3 Å². The van der Waals surface area contributed by atoms with E-state index in [1.54, 1.807) is 6.07 Å². The minimum absolute atomic E-state index is 0.0553. The molecule has 0 saturated heterocycles. The quantitative estimate of drug-likeness (QED) is 0.528. The number of hydrogen-bond donors (Lipinski definition) is 0. The van der Waals surface area contributed by atoms with Crippen molar-refractivity contribution in [3.05, 3.63) is 53.5 Å². The molecule has 0 radical (unpaired) electrons. The van der Waals surface area contributed by atoms with Gasteiger partial charge in [-0.2, -0.15) is 0 Å². The Labute approximate surface area is 106 Å². The molecule has 0 atom stereocenters. The fraction of sp³-hybridized carbons (Fsp3) is 0. The highest BCUT2D eigenvalue weighted by Crippen LogP contribution is 2.30. The van der Waals surface area contributed by atoms with Crippen LogP contribution in [0.4, 0.5) is 5.69 Å². The molecule has 2 heterocycles. The fourth-order valence-corrected chi connectivity index (χ4v) is 1.72. The first-order chi connectivity index (χ1) is 9.24. The lowest BCUT2D eigenvalue weighted by molar-refractivity contribution is -0.384. The molecule has 19 heavy (non-hydrogen) atoms. The van der Waals surface area contributed by atoms with Crippen LogP contribution in [-0.4, -0.2) is 14.9 Å². The van der Waals surface area contributed by atoms with Crippen LogP contribution in [0.5, 0.6) is 0 Å². The highest BCUT2D eigenvalue weighted by atomic mass is 16.6. The van der Waals surface area contributed by atoms with Crippen molar-refractivity contribution < 1.29 is 13.8 Å². The maximum Gasteiger partial charge on any atom is 0.270 e. The van der Waals surface area contributed by atoms with Crippen LogP contribution in [0.3, 0.4) is 0 Å². The first-order valence-corrected chi connectivity index (χ1v) is 5.31. The lowest BCUT2D eigenvalue weighted by Crippen LogP contribution is -1.90. The van der Waals surface area contributed by atoms with Crippen LogP contribution >= 0.6 is 0 Å². The van der Waals surface area contributed by atoms with Gasteiger partial charge < -0.3 is 8.83 Å². The summed E-state index contributed by atoms with van der Waals surface area (Å²) in [5, 5.41) is 11.0. The molecule has 94 valence electrons. The van der Waals surface area contributed by atoms with Crippen molar-refractivity contribution in [2.75, 3.05) is 0 Å². The van der Waals surface area contributed by atoms with Crippen molar-refractivity contribution in [1.82, 2.24) is 9.97 Å². The summed E-state index contributed by atoms with van der Waals surface area (Å²) in [6.45, 7) is 0. The molecule has 7 heteroatoms. The highest BCUT2D eigenvalue weighted by Gasteiger charge is 2.15. The molecule has 0 bridgehead atoms. The number of benzene rings is 1. The van der Waals surface area contributed by atoms with Crippen molar-refractivity contribution in [3.63, 3.8) is 0 Å². The van der Waals surface area contributed by atoms with Crippen LogP contribution in [-0.2, 0) is 0 Å². The zero-order valence-corrected chi connectivity index (χ0v) is 9.52. The molecule has 0 saturated carbocycles. The maximum atomic E-state index is 11.0. The van der Waals surface area contributed by atoms with E-state index in [9.17, 15) is 10.1 Å². The van der Waals surface area contributed by atoms with Gasteiger partial charge in [-0.15, -0.1) is 0 Å². The zero-order valence-electron chi connectivity index (χ0n) is 9.52. The van der Waals surface area contributed by atoms with Crippen LogP contribution in [0.1, 0.15) is 0 Å². The number of nitrogens with zero attached hydrogens (tertiary/aromatic N) is 3. The standard InChI is InChI=1S/C12H7N3O4/c16-15(17)10-2-8(11-4-13-6-18-11)1-9(3-10)12-5-14-7-19-12/h1-7H. The summed E-state index contributed by atoms with van der Waals surface area (Å²) in [6.07, 6.45) is 5.51. The molecule has 2 aromatic heterocycles. The Morgan fingerprint density at radius 1 is 0.947 bits per heavy atom. The van der Waals surface area contributed by atoms with E-state index < -0.39 is 4.92 Å². The lowest BCUT2D eigenvalue weighted by atomic mass is 10.1. The van der Waals surface area contributed by atoms with E-state index in [1.807, 2.05) is 0 Å². The third-order valence-electron chi connectivity index (χ3n) is 2.56. The number of nitro groups is 1. The molecule has 0 aliphatic rings. The number of non-ortho nitro benzene ring substituents is 1. The van der Waals surface area contributed by atoms with Gasteiger partial charge in [0.25, 0.3) is 5.69 Å². The number of rotatable bonds is 3. The first-order valence-electron chi connectivity index (χ1n) is 5.31. The van der Waals surface area contributed by atoms with Gasteiger partial charge in [0.2, 0.25) is 0 Å². The van der Waals surface area contributed by atoms with E-state index in [0.717, 1.165) is 0 Å². The Morgan fingerprint density at radius 3 is 1.84 bits per heavy atom. The maximum absolute atomic E-state index is 11.0. The second kappa shape index (κ2) is 4.37. The third kappa shape index (κ3) is 2.08. The Bertz CT molecular complexity index is 652. The van der Waals surface area contributed by atoms with Gasteiger partial charge in [-0.1, -0.05) is 0 Å². The highest BCUT2D eigenvalue weighted by molar-refractivity contribution is 5.71. The molecule has 0 spiro atoms. The Hall–Kier alpha value is -2.96. The topological polar surface area (TPSA) is 95.2 Å². The van der Waals surface area contributed by atoms with Crippen molar-refractivity contribution in [2.24, 2.45) is 0 Å². The summed E-state index contributed by atoms with van der Waals surface area (Å²) in [4.78, 5) is 18.1. The van der Waals surface area contributed by atoms with Crippen LogP contribution in [0.15, 0.2) is 52.2 Å². The number of oxazole rings is 2. The average molecular weight is 257 g/mol. The number of aromatic nitrogens is 2. The van der Waals surface area contributed by atoms with E-state index in [1.165, 1.54) is 37.3 Å². The van der Waals surface area contributed by atoms with E-state index >= 15 is 0 Å². The van der Waals surface area contributed by atoms with Crippen molar-refractivity contribution in [2.45, 2.75) is 0 Å². The molecular weight excluding hydrogens is 250 g/mol. The van der Waals surface area contributed by atoms with Crippen LogP contribution in [0.25, 0.3) is 22.6 Å². The molecule has 0 amide bonds. The largest absolute Gasteiger partial charge is 0.444 e. The molecular formula is C12H7N3O4. The molecule has 3 rings (SSSR count). The SMILES string of the molecule is O=[N+]([O-])c1cc(-c2cnco2)cc(-c2cnco2)c1. The summed E-state index contributed by atoms with van der Waals surface area (Å²) >= 11 is 0. The molecule has 0 aliphatic heterocycles. The van der Waals surface area contributed by atoms with Crippen molar-refractivity contribution in [3.8, 4) is 22.6 Å². The third-order valence-corrected chi connectivity index (χ3v) is 2.56. The van der Waals surface area contributed by atoms with Crippen LogP contribution in [0.2, 0.25) is 0 Å².